The molecular weight excluding hydrogens is 735 g/mol. The van der Waals surface area contributed by atoms with Crippen LogP contribution in [-0.4, -0.2) is 99.4 Å². The highest BCUT2D eigenvalue weighted by Crippen LogP contribution is 2.30. The summed E-state index contributed by atoms with van der Waals surface area (Å²) in [6.07, 6.45) is 9.66. The SMILES string of the molecule is CC1CCCN1.CCCCCCN(C(=O)CCCC)C(CC(OC(C)=O)C1=NC(C(=O)NC(Cc2ccc(O)cc2)CC(C)(C)C(=O)O)CS1)C(C)C.NC=O. The van der Waals surface area contributed by atoms with Gasteiger partial charge in [0.05, 0.1) is 5.41 Å². The monoisotopic (exact) mass is 806 g/mol. The number of hydrogen-bond acceptors (Lipinski definition) is 10. The Hall–Kier alpha value is -3.65. The van der Waals surface area contributed by atoms with Gasteiger partial charge in [-0.25, -0.2) is 0 Å². The van der Waals surface area contributed by atoms with Crippen molar-refractivity contribution in [3.63, 3.8) is 0 Å². The lowest BCUT2D eigenvalue weighted by atomic mass is 9.84. The number of benzene rings is 1. The predicted molar refractivity (Wildman–Crippen MR) is 225 cm³/mol. The number of amides is 3. The summed E-state index contributed by atoms with van der Waals surface area (Å²) in [5, 5.41) is 26.4. The topological polar surface area (TPSA) is 201 Å². The minimum Gasteiger partial charge on any atom is -0.508 e. The average molecular weight is 806 g/mol. The van der Waals surface area contributed by atoms with Gasteiger partial charge >= 0.3 is 11.9 Å². The second kappa shape index (κ2) is 27.1. The lowest BCUT2D eigenvalue weighted by Crippen LogP contribution is -2.47. The minimum absolute atomic E-state index is 0.106. The van der Waals surface area contributed by atoms with Gasteiger partial charge in [-0.1, -0.05) is 65.5 Å². The van der Waals surface area contributed by atoms with Gasteiger partial charge in [0, 0.05) is 50.2 Å². The predicted octanol–water partition coefficient (Wildman–Crippen LogP) is 6.24. The average Bonchev–Trinajstić information content (AvgIpc) is 3.83. The summed E-state index contributed by atoms with van der Waals surface area (Å²) >= 11 is 1.38. The Labute approximate surface area is 339 Å². The number of carbonyl (C=O) groups is 5. The summed E-state index contributed by atoms with van der Waals surface area (Å²) in [4.78, 5) is 66.5. The molecule has 0 radical (unpaired) electrons. The molecule has 0 saturated carbocycles. The summed E-state index contributed by atoms with van der Waals surface area (Å²) < 4.78 is 5.81. The van der Waals surface area contributed by atoms with Gasteiger partial charge < -0.3 is 36.2 Å². The number of phenolic OH excluding ortho intramolecular Hbond substituents is 1. The van der Waals surface area contributed by atoms with Gasteiger partial charge in [0.15, 0.2) is 6.10 Å². The van der Waals surface area contributed by atoms with E-state index in [0.29, 0.717) is 36.6 Å². The Kier molecular flexibility index (Phi) is 24.3. The van der Waals surface area contributed by atoms with Crippen LogP contribution in [0.3, 0.4) is 0 Å². The highest BCUT2D eigenvalue weighted by atomic mass is 32.2. The number of nitrogens with two attached hydrogens (primary N) is 1. The highest BCUT2D eigenvalue weighted by molar-refractivity contribution is 8.14. The van der Waals surface area contributed by atoms with Crippen molar-refractivity contribution in [2.24, 2.45) is 22.1 Å². The normalized spacial score (nSPS) is 17.9. The first-order valence-electron chi connectivity index (χ1n) is 20.4. The number of ether oxygens (including phenoxy) is 1. The first-order chi connectivity index (χ1) is 26.5. The fraction of sp³-hybridized carbons (Fsp3) is 0.714. The number of thioether (sulfide) groups is 1. The zero-order chi connectivity index (χ0) is 42.3. The van der Waals surface area contributed by atoms with E-state index < -0.39 is 35.5 Å². The molecular formula is C42H71N5O8S. The van der Waals surface area contributed by atoms with Crippen LogP contribution in [0.2, 0.25) is 0 Å². The summed E-state index contributed by atoms with van der Waals surface area (Å²) in [5.41, 5.74) is 3.93. The Bertz CT molecular complexity index is 1370. The number of carboxylic acids is 1. The first kappa shape index (κ1) is 50.4. The highest BCUT2D eigenvalue weighted by Gasteiger charge is 2.37. The number of nitrogens with one attached hydrogen (secondary N) is 2. The summed E-state index contributed by atoms with van der Waals surface area (Å²) in [6, 6.07) is 6.01. The lowest BCUT2D eigenvalue weighted by Gasteiger charge is -2.37. The van der Waals surface area contributed by atoms with Crippen LogP contribution >= 0.6 is 11.8 Å². The number of phenols is 1. The molecule has 0 aliphatic carbocycles. The van der Waals surface area contributed by atoms with Gasteiger partial charge in [-0.2, -0.15) is 0 Å². The third-order valence-corrected chi connectivity index (χ3v) is 11.1. The maximum atomic E-state index is 13.6. The van der Waals surface area contributed by atoms with E-state index in [1.807, 2.05) is 4.90 Å². The maximum Gasteiger partial charge on any atom is 0.309 e. The number of nitrogens with zero attached hydrogens (tertiary/aromatic N) is 2. The summed E-state index contributed by atoms with van der Waals surface area (Å²) in [5.74, 6) is -1.04. The maximum absolute atomic E-state index is 13.6. The molecule has 2 heterocycles. The molecule has 2 aliphatic heterocycles. The van der Waals surface area contributed by atoms with Crippen molar-refractivity contribution in [1.29, 1.82) is 0 Å². The Morgan fingerprint density at radius 1 is 1.11 bits per heavy atom. The van der Waals surface area contributed by atoms with Crippen LogP contribution in [0.1, 0.15) is 132 Å². The molecule has 1 fully saturated rings. The third-order valence-electron chi connectivity index (χ3n) is 9.91. The third kappa shape index (κ3) is 19.5. The number of carbonyl (C=O) groups excluding carboxylic acids is 4. The second-order valence-corrected chi connectivity index (χ2v) is 16.8. The van der Waals surface area contributed by atoms with E-state index in [2.05, 4.69) is 51.0 Å². The molecule has 5 unspecified atom stereocenters. The van der Waals surface area contributed by atoms with Crippen molar-refractivity contribution in [3.8, 4) is 5.75 Å². The van der Waals surface area contributed by atoms with Crippen LogP contribution in [0.25, 0.3) is 0 Å². The molecule has 3 rings (SSSR count). The number of unbranched alkanes of at least 4 members (excludes halogenated alkanes) is 4. The molecule has 0 spiro atoms. The van der Waals surface area contributed by atoms with Crippen molar-refractivity contribution in [2.45, 2.75) is 163 Å². The number of aromatic hydroxyl groups is 1. The number of carboxylic acid groups (broad SMARTS) is 1. The number of aliphatic imine (C=N–C) groups is 1. The van der Waals surface area contributed by atoms with Crippen molar-refractivity contribution in [3.05, 3.63) is 29.8 Å². The molecule has 0 aromatic heterocycles. The van der Waals surface area contributed by atoms with Crippen LogP contribution in [0.4, 0.5) is 0 Å². The van der Waals surface area contributed by atoms with Gasteiger partial charge in [-0.05, 0) is 89.5 Å². The van der Waals surface area contributed by atoms with Gasteiger partial charge in [0.1, 0.15) is 16.8 Å². The Morgan fingerprint density at radius 2 is 1.75 bits per heavy atom. The number of esters is 1. The fourth-order valence-corrected chi connectivity index (χ4v) is 7.77. The van der Waals surface area contributed by atoms with Crippen molar-refractivity contribution in [1.82, 2.24) is 15.5 Å². The molecule has 1 saturated heterocycles. The van der Waals surface area contributed by atoms with Gasteiger partial charge in [0.25, 0.3) is 0 Å². The zero-order valence-electron chi connectivity index (χ0n) is 35.2. The quantitative estimate of drug-likeness (QED) is 0.0538. The van der Waals surface area contributed by atoms with Gasteiger partial charge in [-0.15, -0.1) is 11.8 Å². The second-order valence-electron chi connectivity index (χ2n) is 15.8. The van der Waals surface area contributed by atoms with Gasteiger partial charge in [-0.3, -0.25) is 29.0 Å². The number of primary amides is 1. The molecule has 13 nitrogen and oxygen atoms in total. The van der Waals surface area contributed by atoms with Crippen molar-refractivity contribution >= 4 is 47.0 Å². The number of rotatable bonds is 21. The Morgan fingerprint density at radius 3 is 2.25 bits per heavy atom. The molecule has 0 bridgehead atoms. The van der Waals surface area contributed by atoms with E-state index in [4.69, 9.17) is 14.5 Å². The zero-order valence-corrected chi connectivity index (χ0v) is 36.0. The van der Waals surface area contributed by atoms with E-state index >= 15 is 0 Å². The first-order valence-corrected chi connectivity index (χ1v) is 21.4. The molecule has 1 aromatic carbocycles. The van der Waals surface area contributed by atoms with E-state index in [0.717, 1.165) is 50.1 Å². The van der Waals surface area contributed by atoms with E-state index in [1.165, 1.54) is 38.1 Å². The van der Waals surface area contributed by atoms with Crippen LogP contribution in [0.5, 0.6) is 5.75 Å². The molecule has 1 aromatic rings. The molecule has 56 heavy (non-hydrogen) atoms. The summed E-state index contributed by atoms with van der Waals surface area (Å²) in [6.45, 7) is 17.1. The smallest absolute Gasteiger partial charge is 0.309 e. The van der Waals surface area contributed by atoms with Gasteiger partial charge in [0.2, 0.25) is 18.2 Å². The van der Waals surface area contributed by atoms with Crippen LogP contribution in [0.15, 0.2) is 29.3 Å². The van der Waals surface area contributed by atoms with E-state index in [1.54, 1.807) is 38.1 Å². The van der Waals surface area contributed by atoms with Crippen molar-refractivity contribution in [2.75, 3.05) is 18.8 Å². The number of hydrogen-bond donors (Lipinski definition) is 5. The molecule has 2 aliphatic rings. The fourth-order valence-electron chi connectivity index (χ4n) is 6.69. The summed E-state index contributed by atoms with van der Waals surface area (Å²) in [7, 11) is 0. The standard InChI is InChI=1S/C36H57N3O7S.C5H11N.CH3NO/c1-8-10-12-13-19-39(32(42)14-11-9-2)30(24(3)4)21-31(46-25(5)40)34-38-29(23-47-34)33(43)37-27(22-36(6,7)35(44)45)20-26-15-17-28(41)18-16-26;1-5-3-2-4-6-5;2-1-3/h15-18,24,27,29-31,41H,8-14,19-23H2,1-7H3,(H,37,43)(H,44,45);5-6H,2-4H2,1H3;1H,(H2,2,3). The minimum atomic E-state index is -1.09. The molecule has 318 valence electrons. The van der Waals surface area contributed by atoms with E-state index in [-0.39, 0.29) is 42.4 Å². The molecule has 5 atom stereocenters. The largest absolute Gasteiger partial charge is 0.508 e. The van der Waals surface area contributed by atoms with Crippen LogP contribution in [0, 0.1) is 11.3 Å². The van der Waals surface area contributed by atoms with Crippen LogP contribution in [-0.2, 0) is 35.1 Å². The molecule has 3 amide bonds. The van der Waals surface area contributed by atoms with E-state index in [9.17, 15) is 29.4 Å². The van der Waals surface area contributed by atoms with Crippen LogP contribution < -0.4 is 16.4 Å². The Balaban J connectivity index is 0.00000154. The van der Waals surface area contributed by atoms with Crippen molar-refractivity contribution < 1.29 is 38.9 Å². The molecule has 6 N–H and O–H groups in total. The lowest BCUT2D eigenvalue weighted by molar-refractivity contribution is -0.148. The number of aliphatic carboxylic acids is 1. The molecule has 14 heteroatoms.